The van der Waals surface area contributed by atoms with Crippen LogP contribution in [-0.4, -0.2) is 43.3 Å². The van der Waals surface area contributed by atoms with Crippen LogP contribution in [0.5, 0.6) is 17.2 Å². The molecule has 2 atom stereocenters. The van der Waals surface area contributed by atoms with Crippen molar-refractivity contribution in [2.45, 2.75) is 25.6 Å². The number of rotatable bonds is 7. The minimum Gasteiger partial charge on any atom is -0.493 e. The van der Waals surface area contributed by atoms with Crippen LogP contribution in [0, 0.1) is 0 Å². The number of methoxy groups -OCH3 is 1. The Kier molecular flexibility index (Phi) is 5.05. The molecule has 0 saturated carbocycles. The van der Waals surface area contributed by atoms with E-state index in [0.717, 1.165) is 13.0 Å². The molecular weight excluding hydrogens is 262 g/mol. The van der Waals surface area contributed by atoms with E-state index in [0.29, 0.717) is 29.4 Å². The molecule has 0 bridgehead atoms. The van der Waals surface area contributed by atoms with E-state index in [1.807, 2.05) is 6.92 Å². The predicted molar refractivity (Wildman–Crippen MR) is 73.2 cm³/mol. The first-order valence-electron chi connectivity index (χ1n) is 6.71. The summed E-state index contributed by atoms with van der Waals surface area (Å²) in [5, 5.41) is 23.3. The Morgan fingerprint density at radius 2 is 2.15 bits per heavy atom. The Morgan fingerprint density at radius 1 is 1.35 bits per heavy atom. The van der Waals surface area contributed by atoms with Gasteiger partial charge in [-0.15, -0.1) is 0 Å². The van der Waals surface area contributed by atoms with Gasteiger partial charge in [-0.3, -0.25) is 0 Å². The molecule has 0 aliphatic carbocycles. The molecule has 0 amide bonds. The average molecular weight is 283 g/mol. The molecule has 0 saturated heterocycles. The summed E-state index contributed by atoms with van der Waals surface area (Å²) in [4.78, 5) is 0. The number of hydrogen-bond acceptors (Lipinski definition) is 6. The van der Waals surface area contributed by atoms with E-state index >= 15 is 0 Å². The lowest BCUT2D eigenvalue weighted by atomic mass is 10.0. The standard InChI is InChI=1S/C14H21NO5/c1-3-4-15-7-10(16)13(17)9-5-11(18-2)14-12(6-9)19-8-20-14/h5-6,10,13,15-17H,3-4,7-8H2,1-2H3/t10-,13+/m0/s1. The maximum Gasteiger partial charge on any atom is 0.231 e. The van der Waals surface area contributed by atoms with Crippen molar-refractivity contribution in [2.75, 3.05) is 27.0 Å². The molecule has 0 unspecified atom stereocenters. The Morgan fingerprint density at radius 3 is 2.85 bits per heavy atom. The van der Waals surface area contributed by atoms with Gasteiger partial charge in [0, 0.05) is 6.54 Å². The van der Waals surface area contributed by atoms with Crippen LogP contribution in [0.15, 0.2) is 12.1 Å². The topological polar surface area (TPSA) is 80.2 Å². The molecule has 1 aliphatic rings. The van der Waals surface area contributed by atoms with Crippen molar-refractivity contribution in [3.8, 4) is 17.2 Å². The molecule has 112 valence electrons. The van der Waals surface area contributed by atoms with Crippen molar-refractivity contribution < 1.29 is 24.4 Å². The Bertz CT molecular complexity index is 451. The number of ether oxygens (including phenoxy) is 3. The second-order valence-electron chi connectivity index (χ2n) is 4.67. The Balaban J connectivity index is 2.11. The highest BCUT2D eigenvalue weighted by Gasteiger charge is 2.25. The summed E-state index contributed by atoms with van der Waals surface area (Å²) >= 11 is 0. The van der Waals surface area contributed by atoms with Gasteiger partial charge in [0.2, 0.25) is 12.5 Å². The molecule has 1 aliphatic heterocycles. The van der Waals surface area contributed by atoms with Crippen LogP contribution in [0.3, 0.4) is 0 Å². The number of benzene rings is 1. The highest BCUT2D eigenvalue weighted by molar-refractivity contribution is 5.55. The zero-order chi connectivity index (χ0) is 14.5. The number of aliphatic hydroxyl groups is 2. The number of hydrogen-bond donors (Lipinski definition) is 3. The second kappa shape index (κ2) is 6.78. The van der Waals surface area contributed by atoms with Gasteiger partial charge in [-0.05, 0) is 30.7 Å². The lowest BCUT2D eigenvalue weighted by molar-refractivity contribution is 0.0191. The number of fused-ring (bicyclic) bond motifs is 1. The first-order valence-corrected chi connectivity index (χ1v) is 6.71. The molecule has 3 N–H and O–H groups in total. The lowest BCUT2D eigenvalue weighted by Gasteiger charge is -2.19. The first kappa shape index (κ1) is 14.9. The fraction of sp³-hybridized carbons (Fsp3) is 0.571. The molecule has 1 heterocycles. The highest BCUT2D eigenvalue weighted by atomic mass is 16.7. The molecule has 20 heavy (non-hydrogen) atoms. The largest absolute Gasteiger partial charge is 0.493 e. The maximum absolute atomic E-state index is 10.2. The smallest absolute Gasteiger partial charge is 0.231 e. The van der Waals surface area contributed by atoms with Gasteiger partial charge >= 0.3 is 0 Å². The van der Waals surface area contributed by atoms with Crippen molar-refractivity contribution in [1.82, 2.24) is 5.32 Å². The maximum atomic E-state index is 10.2. The fourth-order valence-electron chi connectivity index (χ4n) is 2.08. The van der Waals surface area contributed by atoms with Crippen LogP contribution >= 0.6 is 0 Å². The van der Waals surface area contributed by atoms with Gasteiger partial charge in [0.05, 0.1) is 13.2 Å². The first-order chi connectivity index (χ1) is 9.67. The molecule has 1 aromatic rings. The fourth-order valence-corrected chi connectivity index (χ4v) is 2.08. The summed E-state index contributed by atoms with van der Waals surface area (Å²) in [5.74, 6) is 1.54. The molecule has 6 nitrogen and oxygen atoms in total. The third-order valence-corrected chi connectivity index (χ3v) is 3.17. The summed E-state index contributed by atoms with van der Waals surface area (Å²) in [7, 11) is 1.52. The van der Waals surface area contributed by atoms with E-state index in [1.165, 1.54) is 7.11 Å². The molecular formula is C14H21NO5. The summed E-state index contributed by atoms with van der Waals surface area (Å²) in [6.45, 7) is 3.30. The SMILES string of the molecule is CCCNC[C@H](O)[C@H](O)c1cc(OC)c2c(c1)OCO2. The molecule has 0 radical (unpaired) electrons. The van der Waals surface area contributed by atoms with Gasteiger partial charge in [0.15, 0.2) is 11.5 Å². The molecule has 1 aromatic carbocycles. The molecule has 0 spiro atoms. The molecule has 2 rings (SSSR count). The minimum absolute atomic E-state index is 0.131. The van der Waals surface area contributed by atoms with Gasteiger partial charge in [0.1, 0.15) is 6.10 Å². The van der Waals surface area contributed by atoms with Gasteiger partial charge in [-0.2, -0.15) is 0 Å². The van der Waals surface area contributed by atoms with Crippen molar-refractivity contribution in [1.29, 1.82) is 0 Å². The number of nitrogens with one attached hydrogen (secondary N) is 1. The van der Waals surface area contributed by atoms with Crippen LogP contribution in [0.25, 0.3) is 0 Å². The van der Waals surface area contributed by atoms with Crippen LogP contribution in [0.1, 0.15) is 25.0 Å². The summed E-state index contributed by atoms with van der Waals surface area (Å²) < 4.78 is 15.8. The second-order valence-corrected chi connectivity index (χ2v) is 4.67. The van der Waals surface area contributed by atoms with Gasteiger partial charge in [0.25, 0.3) is 0 Å². The van der Waals surface area contributed by atoms with Crippen LogP contribution in [0.4, 0.5) is 0 Å². The predicted octanol–water partition coefficient (Wildman–Crippen LogP) is 0.818. The van der Waals surface area contributed by atoms with E-state index in [1.54, 1.807) is 12.1 Å². The summed E-state index contributed by atoms with van der Waals surface area (Å²) in [6.07, 6.45) is -0.935. The van der Waals surface area contributed by atoms with Crippen LogP contribution < -0.4 is 19.5 Å². The van der Waals surface area contributed by atoms with Gasteiger partial charge in [-0.25, -0.2) is 0 Å². The van der Waals surface area contributed by atoms with Gasteiger partial charge < -0.3 is 29.7 Å². The molecule has 0 aromatic heterocycles. The highest BCUT2D eigenvalue weighted by Crippen LogP contribution is 2.43. The van der Waals surface area contributed by atoms with Crippen molar-refractivity contribution in [3.05, 3.63) is 17.7 Å². The zero-order valence-corrected chi connectivity index (χ0v) is 11.8. The Labute approximate surface area is 118 Å². The van der Waals surface area contributed by atoms with E-state index in [-0.39, 0.29) is 6.79 Å². The summed E-state index contributed by atoms with van der Waals surface area (Å²) in [6, 6.07) is 3.32. The summed E-state index contributed by atoms with van der Waals surface area (Å²) in [5.41, 5.74) is 0.539. The van der Waals surface area contributed by atoms with Gasteiger partial charge in [-0.1, -0.05) is 6.92 Å². The third kappa shape index (κ3) is 3.15. The van der Waals surface area contributed by atoms with Crippen molar-refractivity contribution in [3.63, 3.8) is 0 Å². The zero-order valence-electron chi connectivity index (χ0n) is 11.8. The molecule has 0 fully saturated rings. The van der Waals surface area contributed by atoms with E-state index in [4.69, 9.17) is 14.2 Å². The van der Waals surface area contributed by atoms with Crippen LogP contribution in [0.2, 0.25) is 0 Å². The van der Waals surface area contributed by atoms with Crippen molar-refractivity contribution >= 4 is 0 Å². The number of aliphatic hydroxyl groups excluding tert-OH is 2. The quantitative estimate of drug-likeness (QED) is 0.643. The normalized spacial score (nSPS) is 16.0. The van der Waals surface area contributed by atoms with E-state index in [2.05, 4.69) is 5.32 Å². The van der Waals surface area contributed by atoms with Crippen molar-refractivity contribution in [2.24, 2.45) is 0 Å². The average Bonchev–Trinajstić information content (AvgIpc) is 2.93. The monoisotopic (exact) mass is 283 g/mol. The van der Waals surface area contributed by atoms with E-state index in [9.17, 15) is 10.2 Å². The minimum atomic E-state index is -1.01. The Hall–Kier alpha value is -1.50. The van der Waals surface area contributed by atoms with E-state index < -0.39 is 12.2 Å². The third-order valence-electron chi connectivity index (χ3n) is 3.17. The molecule has 6 heteroatoms. The lowest BCUT2D eigenvalue weighted by Crippen LogP contribution is -2.32. The van der Waals surface area contributed by atoms with Crippen LogP contribution in [-0.2, 0) is 0 Å².